The highest BCUT2D eigenvalue weighted by molar-refractivity contribution is 5.95. The number of nitrogens with two attached hydrogens (primary N) is 1. The molecule has 2 N–H and O–H groups in total. The van der Waals surface area contributed by atoms with Crippen LogP contribution in [0.15, 0.2) is 12.1 Å². The lowest BCUT2D eigenvalue weighted by Crippen LogP contribution is -2.43. The van der Waals surface area contributed by atoms with E-state index < -0.39 is 17.5 Å². The first-order chi connectivity index (χ1) is 8.88. The van der Waals surface area contributed by atoms with Gasteiger partial charge in [-0.15, -0.1) is 0 Å². The molecule has 1 heterocycles. The molecule has 1 aromatic rings. The smallest absolute Gasteiger partial charge is 0.257 e. The Bertz CT molecular complexity index is 494. The molecule has 0 aromatic heterocycles. The summed E-state index contributed by atoms with van der Waals surface area (Å²) in [7, 11) is 0. The maximum Gasteiger partial charge on any atom is 0.257 e. The molecule has 19 heavy (non-hydrogen) atoms. The first-order valence-electron chi connectivity index (χ1n) is 6.42. The summed E-state index contributed by atoms with van der Waals surface area (Å²) < 4.78 is 27.1. The summed E-state index contributed by atoms with van der Waals surface area (Å²) >= 11 is 0. The third kappa shape index (κ3) is 2.85. The second-order valence-corrected chi connectivity index (χ2v) is 5.51. The van der Waals surface area contributed by atoms with Gasteiger partial charge >= 0.3 is 0 Å². The lowest BCUT2D eigenvalue weighted by molar-refractivity contribution is 0.0618. The molecule has 0 bridgehead atoms. The van der Waals surface area contributed by atoms with E-state index >= 15 is 0 Å². The van der Waals surface area contributed by atoms with E-state index in [1.807, 2.05) is 13.8 Å². The maximum atomic E-state index is 13.8. The van der Waals surface area contributed by atoms with Gasteiger partial charge in [0.1, 0.15) is 5.82 Å². The highest BCUT2D eigenvalue weighted by Gasteiger charge is 2.28. The summed E-state index contributed by atoms with van der Waals surface area (Å²) in [6.45, 7) is 5.23. The van der Waals surface area contributed by atoms with Crippen LogP contribution in [0.2, 0.25) is 0 Å². The third-order valence-electron chi connectivity index (χ3n) is 3.45. The molecule has 1 aliphatic heterocycles. The Morgan fingerprint density at radius 3 is 2.42 bits per heavy atom. The topological polar surface area (TPSA) is 46.3 Å². The highest BCUT2D eigenvalue weighted by Crippen LogP contribution is 2.25. The molecule has 2 atom stereocenters. The lowest BCUT2D eigenvalue weighted by atomic mass is 9.91. The van der Waals surface area contributed by atoms with Gasteiger partial charge in [0.05, 0.1) is 11.3 Å². The molecular formula is C14H18F2N2O. The summed E-state index contributed by atoms with van der Waals surface area (Å²) in [6, 6.07) is 1.80. The van der Waals surface area contributed by atoms with Crippen LogP contribution >= 0.6 is 0 Å². The van der Waals surface area contributed by atoms with Crippen molar-refractivity contribution in [3.63, 3.8) is 0 Å². The molecule has 1 amide bonds. The molecular weight excluding hydrogens is 250 g/mol. The minimum Gasteiger partial charge on any atom is -0.396 e. The third-order valence-corrected chi connectivity index (χ3v) is 3.45. The van der Waals surface area contributed by atoms with Crippen LogP contribution in [0.4, 0.5) is 14.5 Å². The number of halogens is 2. The SMILES string of the molecule is CC1CC(C)CN(C(=O)c2cc(F)cc(N)c2F)C1. The van der Waals surface area contributed by atoms with Crippen molar-refractivity contribution >= 4 is 11.6 Å². The summed E-state index contributed by atoms with van der Waals surface area (Å²) in [5, 5.41) is 0. The van der Waals surface area contributed by atoms with Gasteiger partial charge in [0.25, 0.3) is 5.91 Å². The van der Waals surface area contributed by atoms with Gasteiger partial charge in [-0.25, -0.2) is 8.78 Å². The van der Waals surface area contributed by atoms with E-state index in [9.17, 15) is 13.6 Å². The van der Waals surface area contributed by atoms with Crippen LogP contribution < -0.4 is 5.73 Å². The summed E-state index contributed by atoms with van der Waals surface area (Å²) in [6.07, 6.45) is 1.04. The van der Waals surface area contributed by atoms with Crippen LogP contribution in [0.5, 0.6) is 0 Å². The molecule has 0 aliphatic carbocycles. The monoisotopic (exact) mass is 268 g/mol. The molecule has 104 valence electrons. The number of nitrogen functional groups attached to an aromatic ring is 1. The summed E-state index contributed by atoms with van der Waals surface area (Å²) in [5.41, 5.74) is 4.75. The van der Waals surface area contributed by atoms with E-state index in [0.29, 0.717) is 24.9 Å². The number of benzene rings is 1. The standard InChI is InChI=1S/C14H18F2N2O/c1-8-3-9(2)7-18(6-8)14(19)11-4-10(15)5-12(17)13(11)16/h4-5,8-9H,3,6-7,17H2,1-2H3. The van der Waals surface area contributed by atoms with Crippen molar-refractivity contribution in [2.24, 2.45) is 11.8 Å². The van der Waals surface area contributed by atoms with Crippen LogP contribution in [0.3, 0.4) is 0 Å². The number of amides is 1. The molecule has 1 saturated heterocycles. The van der Waals surface area contributed by atoms with Gasteiger partial charge in [0.15, 0.2) is 5.82 Å². The fraction of sp³-hybridized carbons (Fsp3) is 0.500. The number of likely N-dealkylation sites (tertiary alicyclic amines) is 1. The Morgan fingerprint density at radius 1 is 1.26 bits per heavy atom. The Morgan fingerprint density at radius 2 is 1.84 bits per heavy atom. The van der Waals surface area contributed by atoms with Gasteiger partial charge in [-0.2, -0.15) is 0 Å². The molecule has 0 saturated carbocycles. The first-order valence-corrected chi connectivity index (χ1v) is 6.42. The number of hydrogen-bond donors (Lipinski definition) is 1. The van der Waals surface area contributed by atoms with Crippen LogP contribution in [0, 0.1) is 23.5 Å². The molecule has 3 nitrogen and oxygen atoms in total. The minimum absolute atomic E-state index is 0.279. The predicted octanol–water partition coefficient (Wildman–Crippen LogP) is 2.67. The van der Waals surface area contributed by atoms with E-state index in [1.165, 1.54) is 0 Å². The second-order valence-electron chi connectivity index (χ2n) is 5.51. The van der Waals surface area contributed by atoms with Crippen LogP contribution in [-0.4, -0.2) is 23.9 Å². The van der Waals surface area contributed by atoms with Gasteiger partial charge in [-0.3, -0.25) is 4.79 Å². The van der Waals surface area contributed by atoms with Crippen molar-refractivity contribution in [3.8, 4) is 0 Å². The van der Waals surface area contributed by atoms with E-state index in [-0.39, 0.29) is 11.3 Å². The van der Waals surface area contributed by atoms with Gasteiger partial charge < -0.3 is 10.6 Å². The Hall–Kier alpha value is -1.65. The second kappa shape index (κ2) is 5.15. The largest absolute Gasteiger partial charge is 0.396 e. The van der Waals surface area contributed by atoms with Crippen molar-refractivity contribution in [2.45, 2.75) is 20.3 Å². The minimum atomic E-state index is -0.836. The van der Waals surface area contributed by atoms with E-state index in [1.54, 1.807) is 4.90 Å². The molecule has 1 aliphatic rings. The zero-order valence-electron chi connectivity index (χ0n) is 11.1. The fourth-order valence-electron chi connectivity index (χ4n) is 2.77. The predicted molar refractivity (Wildman–Crippen MR) is 69.6 cm³/mol. The van der Waals surface area contributed by atoms with Crippen LogP contribution in [0.25, 0.3) is 0 Å². The Kier molecular flexibility index (Phi) is 3.73. The quantitative estimate of drug-likeness (QED) is 0.796. The highest BCUT2D eigenvalue weighted by atomic mass is 19.1. The zero-order valence-corrected chi connectivity index (χ0v) is 11.1. The number of nitrogens with zero attached hydrogens (tertiary/aromatic N) is 1. The van der Waals surface area contributed by atoms with E-state index in [2.05, 4.69) is 0 Å². The summed E-state index contributed by atoms with van der Waals surface area (Å²) in [4.78, 5) is 13.9. The number of piperidine rings is 1. The Balaban J connectivity index is 2.29. The maximum absolute atomic E-state index is 13.8. The van der Waals surface area contributed by atoms with Crippen molar-refractivity contribution < 1.29 is 13.6 Å². The number of rotatable bonds is 1. The molecule has 1 fully saturated rings. The fourth-order valence-corrected chi connectivity index (χ4v) is 2.77. The van der Waals surface area contributed by atoms with Gasteiger partial charge in [0.2, 0.25) is 0 Å². The summed E-state index contributed by atoms with van der Waals surface area (Å²) in [5.74, 6) is -1.29. The van der Waals surface area contributed by atoms with Crippen molar-refractivity contribution in [3.05, 3.63) is 29.3 Å². The molecule has 2 rings (SSSR count). The average molecular weight is 268 g/mol. The average Bonchev–Trinajstić information content (AvgIpc) is 2.31. The Labute approximate surface area is 111 Å². The van der Waals surface area contributed by atoms with Gasteiger partial charge in [-0.05, 0) is 30.4 Å². The number of hydrogen-bond acceptors (Lipinski definition) is 2. The first kappa shape index (κ1) is 13.8. The number of carbonyl (C=O) groups is 1. The van der Waals surface area contributed by atoms with Gasteiger partial charge in [-0.1, -0.05) is 13.8 Å². The van der Waals surface area contributed by atoms with Gasteiger partial charge in [0, 0.05) is 13.1 Å². The van der Waals surface area contributed by atoms with E-state index in [4.69, 9.17) is 5.73 Å². The molecule has 0 radical (unpaired) electrons. The van der Waals surface area contributed by atoms with Crippen molar-refractivity contribution in [2.75, 3.05) is 18.8 Å². The number of carbonyl (C=O) groups excluding carboxylic acids is 1. The van der Waals surface area contributed by atoms with E-state index in [0.717, 1.165) is 18.6 Å². The van der Waals surface area contributed by atoms with Crippen molar-refractivity contribution in [1.29, 1.82) is 0 Å². The van der Waals surface area contributed by atoms with Crippen LogP contribution in [-0.2, 0) is 0 Å². The zero-order chi connectivity index (χ0) is 14.2. The molecule has 0 spiro atoms. The molecule has 2 unspecified atom stereocenters. The molecule has 5 heteroatoms. The normalized spacial score (nSPS) is 23.5. The number of anilines is 1. The molecule has 1 aromatic carbocycles. The van der Waals surface area contributed by atoms with Crippen LogP contribution in [0.1, 0.15) is 30.6 Å². The lowest BCUT2D eigenvalue weighted by Gasteiger charge is -2.35. The van der Waals surface area contributed by atoms with Crippen molar-refractivity contribution in [1.82, 2.24) is 4.90 Å².